The van der Waals surface area contributed by atoms with E-state index in [-0.39, 0.29) is 12.1 Å². The van der Waals surface area contributed by atoms with Crippen LogP contribution in [-0.4, -0.2) is 14.5 Å². The first-order valence-electron chi connectivity index (χ1n) is 5.37. The van der Waals surface area contributed by atoms with Crippen LogP contribution in [0.25, 0.3) is 0 Å². The highest BCUT2D eigenvalue weighted by molar-refractivity contribution is 9.10. The van der Waals surface area contributed by atoms with Crippen molar-refractivity contribution in [1.29, 1.82) is 0 Å². The van der Waals surface area contributed by atoms with Gasteiger partial charge in [0.15, 0.2) is 0 Å². The molecular weight excluding hydrogens is 334 g/mol. The molecule has 19 heavy (non-hydrogen) atoms. The minimum atomic E-state index is -0.184. The van der Waals surface area contributed by atoms with Gasteiger partial charge in [-0.05, 0) is 35.0 Å². The fourth-order valence-electron chi connectivity index (χ4n) is 1.56. The Morgan fingerprint density at radius 3 is 2.95 bits per heavy atom. The predicted molar refractivity (Wildman–Crippen MR) is 77.1 cm³/mol. The van der Waals surface area contributed by atoms with Crippen LogP contribution in [0.1, 0.15) is 11.5 Å². The van der Waals surface area contributed by atoms with Crippen molar-refractivity contribution < 1.29 is 0 Å². The molecule has 0 saturated carbocycles. The van der Waals surface area contributed by atoms with Crippen molar-refractivity contribution in [3.63, 3.8) is 0 Å². The maximum atomic E-state index is 12.0. The molecule has 0 atom stereocenters. The number of aromatic nitrogens is 3. The van der Waals surface area contributed by atoms with E-state index in [9.17, 15) is 4.79 Å². The molecule has 0 bridgehead atoms. The normalized spacial score (nSPS) is 10.5. The fraction of sp³-hybridized carbons (Fsp3) is 0.182. The Bertz CT molecular complexity index is 673. The van der Waals surface area contributed by atoms with Gasteiger partial charge in [-0.15, -0.1) is 0 Å². The van der Waals surface area contributed by atoms with Gasteiger partial charge in [0, 0.05) is 6.20 Å². The number of halogens is 2. The number of pyridine rings is 1. The fourth-order valence-corrected chi connectivity index (χ4v) is 2.04. The molecule has 2 aromatic heterocycles. The summed E-state index contributed by atoms with van der Waals surface area (Å²) in [5, 5.41) is 0.463. The van der Waals surface area contributed by atoms with Gasteiger partial charge in [0.1, 0.15) is 16.1 Å². The van der Waals surface area contributed by atoms with Crippen LogP contribution in [0.15, 0.2) is 27.6 Å². The van der Waals surface area contributed by atoms with Gasteiger partial charge in [-0.3, -0.25) is 9.36 Å². The first kappa shape index (κ1) is 14.0. The molecule has 6 nitrogen and oxygen atoms in total. The Labute approximate surface area is 122 Å². The molecule has 2 heterocycles. The van der Waals surface area contributed by atoms with Gasteiger partial charge in [0.05, 0.1) is 17.3 Å². The smallest absolute Gasteiger partial charge is 0.268 e. The molecule has 0 saturated heterocycles. The molecule has 3 N–H and O–H groups in total. The van der Waals surface area contributed by atoms with E-state index < -0.39 is 0 Å². The van der Waals surface area contributed by atoms with Crippen LogP contribution in [0.2, 0.25) is 5.02 Å². The first-order chi connectivity index (χ1) is 9.02. The Hall–Kier alpha value is -1.44. The summed E-state index contributed by atoms with van der Waals surface area (Å²) >= 11 is 9.23. The number of aryl methyl sites for hydroxylation is 1. The molecule has 0 aliphatic heterocycles. The molecule has 2 rings (SSSR count). The van der Waals surface area contributed by atoms with E-state index in [0.717, 1.165) is 0 Å². The zero-order valence-electron chi connectivity index (χ0n) is 10.0. The van der Waals surface area contributed by atoms with Crippen molar-refractivity contribution in [3.8, 4) is 0 Å². The van der Waals surface area contributed by atoms with E-state index in [2.05, 4.69) is 31.3 Å². The Kier molecular flexibility index (Phi) is 4.18. The van der Waals surface area contributed by atoms with Crippen molar-refractivity contribution in [2.24, 2.45) is 5.84 Å². The second kappa shape index (κ2) is 5.68. The molecule has 0 amide bonds. The van der Waals surface area contributed by atoms with E-state index in [4.69, 9.17) is 17.4 Å². The van der Waals surface area contributed by atoms with Gasteiger partial charge >= 0.3 is 0 Å². The van der Waals surface area contributed by atoms with Crippen molar-refractivity contribution in [2.75, 3.05) is 5.43 Å². The van der Waals surface area contributed by atoms with Crippen LogP contribution in [0.4, 0.5) is 5.82 Å². The third-order valence-corrected chi connectivity index (χ3v) is 3.47. The summed E-state index contributed by atoms with van der Waals surface area (Å²) in [6, 6.07) is 3.32. The van der Waals surface area contributed by atoms with Crippen LogP contribution < -0.4 is 16.8 Å². The minimum Gasteiger partial charge on any atom is -0.308 e. The molecule has 100 valence electrons. The monoisotopic (exact) mass is 343 g/mol. The number of rotatable bonds is 3. The lowest BCUT2D eigenvalue weighted by atomic mass is 10.3. The van der Waals surface area contributed by atoms with Crippen LogP contribution in [0.3, 0.4) is 0 Å². The molecule has 0 radical (unpaired) electrons. The number of hydrazine groups is 1. The molecule has 0 fully saturated rings. The van der Waals surface area contributed by atoms with Gasteiger partial charge in [-0.1, -0.05) is 11.6 Å². The molecule has 2 aromatic rings. The van der Waals surface area contributed by atoms with Crippen LogP contribution >= 0.6 is 27.5 Å². The van der Waals surface area contributed by atoms with Crippen LogP contribution in [0, 0.1) is 6.92 Å². The number of nitrogens with one attached hydrogen (secondary N) is 1. The third kappa shape index (κ3) is 2.94. The molecule has 0 aliphatic carbocycles. The number of nitrogens with zero attached hydrogens (tertiary/aromatic N) is 3. The van der Waals surface area contributed by atoms with Gasteiger partial charge in [0.25, 0.3) is 5.56 Å². The highest BCUT2D eigenvalue weighted by Crippen LogP contribution is 2.17. The summed E-state index contributed by atoms with van der Waals surface area (Å²) < 4.78 is 1.88. The van der Waals surface area contributed by atoms with Gasteiger partial charge in [-0.25, -0.2) is 15.8 Å². The lowest BCUT2D eigenvalue weighted by molar-refractivity contribution is 0.682. The van der Waals surface area contributed by atoms with Crippen molar-refractivity contribution in [2.45, 2.75) is 13.5 Å². The standard InChI is InChI=1S/C11H11BrClN5O/c1-6-15-4-7(12)11(19)18(6)5-9-8(13)2-3-10(16-9)17-14/h2-4H,5,14H2,1H3,(H,16,17). The largest absolute Gasteiger partial charge is 0.308 e. The van der Waals surface area contributed by atoms with E-state index in [0.29, 0.717) is 26.8 Å². The van der Waals surface area contributed by atoms with E-state index >= 15 is 0 Å². The number of hydrogen-bond acceptors (Lipinski definition) is 5. The summed E-state index contributed by atoms with van der Waals surface area (Å²) in [4.78, 5) is 20.4. The van der Waals surface area contributed by atoms with Gasteiger partial charge in [0.2, 0.25) is 0 Å². The quantitative estimate of drug-likeness (QED) is 0.654. The Morgan fingerprint density at radius 2 is 2.26 bits per heavy atom. The lowest BCUT2D eigenvalue weighted by Crippen LogP contribution is -2.25. The molecule has 0 spiro atoms. The maximum Gasteiger partial charge on any atom is 0.268 e. The summed E-state index contributed by atoms with van der Waals surface area (Å²) in [7, 11) is 0. The van der Waals surface area contributed by atoms with Gasteiger partial charge < -0.3 is 5.43 Å². The Balaban J connectivity index is 2.47. The van der Waals surface area contributed by atoms with Gasteiger partial charge in [-0.2, -0.15) is 0 Å². The topological polar surface area (TPSA) is 85.8 Å². The van der Waals surface area contributed by atoms with Crippen LogP contribution in [-0.2, 0) is 6.54 Å². The SMILES string of the molecule is Cc1ncc(Br)c(=O)n1Cc1nc(NN)ccc1Cl. The highest BCUT2D eigenvalue weighted by atomic mass is 79.9. The summed E-state index contributed by atoms with van der Waals surface area (Å²) in [6.45, 7) is 1.97. The van der Waals surface area contributed by atoms with E-state index in [1.54, 1.807) is 19.1 Å². The minimum absolute atomic E-state index is 0.184. The average molecular weight is 345 g/mol. The third-order valence-electron chi connectivity index (χ3n) is 2.58. The van der Waals surface area contributed by atoms with Crippen molar-refractivity contribution >= 4 is 33.3 Å². The number of anilines is 1. The van der Waals surface area contributed by atoms with E-state index in [1.807, 2.05) is 0 Å². The number of nitrogens with two attached hydrogens (primary N) is 1. The maximum absolute atomic E-state index is 12.0. The van der Waals surface area contributed by atoms with E-state index in [1.165, 1.54) is 10.8 Å². The van der Waals surface area contributed by atoms with Crippen molar-refractivity contribution in [3.05, 3.63) is 49.7 Å². The van der Waals surface area contributed by atoms with Crippen molar-refractivity contribution in [1.82, 2.24) is 14.5 Å². The number of hydrogen-bond donors (Lipinski definition) is 2. The summed E-state index contributed by atoms with van der Waals surface area (Å²) in [5.41, 5.74) is 2.80. The molecule has 0 aromatic carbocycles. The number of nitrogen functional groups attached to an aromatic ring is 1. The predicted octanol–water partition coefficient (Wildman–Crippen LogP) is 1.70. The lowest BCUT2D eigenvalue weighted by Gasteiger charge is -2.11. The highest BCUT2D eigenvalue weighted by Gasteiger charge is 2.10. The second-order valence-corrected chi connectivity index (χ2v) is 5.08. The zero-order valence-corrected chi connectivity index (χ0v) is 12.4. The summed E-state index contributed by atoms with van der Waals surface area (Å²) in [5.74, 6) is 6.36. The summed E-state index contributed by atoms with van der Waals surface area (Å²) in [6.07, 6.45) is 1.47. The average Bonchev–Trinajstić information content (AvgIpc) is 2.41. The molecule has 0 aliphatic rings. The molecule has 0 unspecified atom stereocenters. The molecular formula is C11H11BrClN5O. The zero-order chi connectivity index (χ0) is 14.0. The molecule has 8 heteroatoms. The Morgan fingerprint density at radius 1 is 1.53 bits per heavy atom. The second-order valence-electron chi connectivity index (χ2n) is 3.81. The van der Waals surface area contributed by atoms with Crippen LogP contribution in [0.5, 0.6) is 0 Å². The first-order valence-corrected chi connectivity index (χ1v) is 6.54.